The lowest BCUT2D eigenvalue weighted by Crippen LogP contribution is -2.24. The summed E-state index contributed by atoms with van der Waals surface area (Å²) >= 11 is 0. The van der Waals surface area contributed by atoms with E-state index in [1.54, 1.807) is 0 Å². The van der Waals surface area contributed by atoms with E-state index < -0.39 is 0 Å². The average molecular weight is 246 g/mol. The van der Waals surface area contributed by atoms with E-state index in [1.807, 2.05) is 0 Å². The van der Waals surface area contributed by atoms with Crippen LogP contribution in [-0.4, -0.2) is 23.6 Å². The quantitative estimate of drug-likeness (QED) is 0.587. The highest BCUT2D eigenvalue weighted by atomic mass is 31.1. The van der Waals surface area contributed by atoms with Crippen molar-refractivity contribution in [3.05, 3.63) is 0 Å². The minimum Gasteiger partial charge on any atom is -0.131 e. The summed E-state index contributed by atoms with van der Waals surface area (Å²) in [6.07, 6.45) is 14.7. The Labute approximate surface area is 99.9 Å². The van der Waals surface area contributed by atoms with Crippen LogP contribution in [0.3, 0.4) is 0 Å². The first kappa shape index (κ1) is 13.9. The average Bonchev–Trinajstić information content (AvgIpc) is 2.25. The molecule has 0 radical (unpaired) electrons. The molecule has 0 aromatic rings. The first-order chi connectivity index (χ1) is 7.20. The van der Waals surface area contributed by atoms with Gasteiger partial charge in [-0.05, 0) is 49.3 Å². The van der Waals surface area contributed by atoms with Crippen molar-refractivity contribution in [3.8, 4) is 0 Å². The molecule has 1 aliphatic carbocycles. The van der Waals surface area contributed by atoms with Crippen LogP contribution in [0.2, 0.25) is 0 Å². The second kappa shape index (κ2) is 7.24. The van der Waals surface area contributed by atoms with Crippen molar-refractivity contribution in [3.63, 3.8) is 0 Å². The zero-order valence-electron chi connectivity index (χ0n) is 10.6. The van der Waals surface area contributed by atoms with Crippen molar-refractivity contribution in [1.29, 1.82) is 0 Å². The molecule has 0 spiro atoms. The molecule has 0 amide bonds. The van der Waals surface area contributed by atoms with Gasteiger partial charge in [0, 0.05) is 0 Å². The summed E-state index contributed by atoms with van der Waals surface area (Å²) in [5, 5.41) is 0.640. The van der Waals surface area contributed by atoms with Crippen LogP contribution in [0.25, 0.3) is 0 Å². The molecule has 1 rings (SSSR count). The van der Waals surface area contributed by atoms with Gasteiger partial charge in [0.05, 0.1) is 0 Å². The van der Waals surface area contributed by atoms with Gasteiger partial charge in [-0.25, -0.2) is 0 Å². The lowest BCUT2D eigenvalue weighted by atomic mass is 9.85. The zero-order chi connectivity index (χ0) is 11.1. The van der Waals surface area contributed by atoms with E-state index in [1.165, 1.54) is 63.4 Å². The standard InChI is InChI=1S/C13H28P2/c1-3-15(4-2)12-8-11-13(14)9-6-5-7-10-13/h3-12,14H2,1-2H3. The van der Waals surface area contributed by atoms with Crippen molar-refractivity contribution < 1.29 is 0 Å². The van der Waals surface area contributed by atoms with Gasteiger partial charge in [-0.2, -0.15) is 0 Å². The first-order valence-electron chi connectivity index (χ1n) is 6.71. The maximum Gasteiger partial charge on any atom is -0.0150 e. The van der Waals surface area contributed by atoms with Crippen molar-refractivity contribution in [2.75, 3.05) is 18.5 Å². The first-order valence-corrected chi connectivity index (χ1v) is 9.19. The fraction of sp³-hybridized carbons (Fsp3) is 1.00. The molecule has 0 heterocycles. The van der Waals surface area contributed by atoms with Crippen LogP contribution in [0, 0.1) is 0 Å². The second-order valence-corrected chi connectivity index (χ2v) is 9.33. The molecule has 1 fully saturated rings. The summed E-state index contributed by atoms with van der Waals surface area (Å²) in [6, 6.07) is 0. The Bertz CT molecular complexity index is 158. The van der Waals surface area contributed by atoms with E-state index in [0.717, 1.165) is 0 Å². The van der Waals surface area contributed by atoms with E-state index in [-0.39, 0.29) is 0 Å². The number of hydrogen-bond acceptors (Lipinski definition) is 0. The summed E-state index contributed by atoms with van der Waals surface area (Å²) < 4.78 is 0. The molecule has 0 nitrogen and oxygen atoms in total. The second-order valence-electron chi connectivity index (χ2n) is 5.05. The molecule has 0 aromatic heterocycles. The van der Waals surface area contributed by atoms with Crippen LogP contribution in [-0.2, 0) is 0 Å². The minimum absolute atomic E-state index is 0.385. The third-order valence-electron chi connectivity index (χ3n) is 3.89. The highest BCUT2D eigenvalue weighted by Crippen LogP contribution is 2.42. The Hall–Kier alpha value is 0.860. The smallest absolute Gasteiger partial charge is 0.0150 e. The molecule has 0 saturated heterocycles. The molecule has 2 heteroatoms. The summed E-state index contributed by atoms with van der Waals surface area (Å²) in [7, 11) is 3.57. The summed E-state index contributed by atoms with van der Waals surface area (Å²) in [4.78, 5) is 0. The third kappa shape index (κ3) is 5.14. The molecule has 90 valence electrons. The summed E-state index contributed by atoms with van der Waals surface area (Å²) in [5.74, 6) is 0. The van der Waals surface area contributed by atoms with Crippen LogP contribution in [0.4, 0.5) is 0 Å². The van der Waals surface area contributed by atoms with Crippen LogP contribution in [0.5, 0.6) is 0 Å². The molecule has 1 saturated carbocycles. The van der Waals surface area contributed by atoms with E-state index in [9.17, 15) is 0 Å². The molecule has 1 unspecified atom stereocenters. The molecule has 0 N–H and O–H groups in total. The molecule has 15 heavy (non-hydrogen) atoms. The molecular formula is C13H28P2. The molecule has 0 bridgehead atoms. The van der Waals surface area contributed by atoms with Crippen LogP contribution >= 0.6 is 17.2 Å². The van der Waals surface area contributed by atoms with Gasteiger partial charge in [0.15, 0.2) is 0 Å². The maximum atomic E-state index is 3.18. The summed E-state index contributed by atoms with van der Waals surface area (Å²) in [6.45, 7) is 4.73. The number of hydrogen-bond donors (Lipinski definition) is 0. The molecule has 1 atom stereocenters. The fourth-order valence-electron chi connectivity index (χ4n) is 2.70. The van der Waals surface area contributed by atoms with Crippen LogP contribution in [0.1, 0.15) is 58.8 Å². The van der Waals surface area contributed by atoms with E-state index in [2.05, 4.69) is 23.1 Å². The lowest BCUT2D eigenvalue weighted by Gasteiger charge is -2.33. The largest absolute Gasteiger partial charge is 0.131 e. The molecule has 0 aromatic carbocycles. The van der Waals surface area contributed by atoms with Crippen molar-refractivity contribution in [2.45, 2.75) is 63.9 Å². The maximum absolute atomic E-state index is 3.18. The van der Waals surface area contributed by atoms with E-state index in [4.69, 9.17) is 0 Å². The fourth-order valence-corrected chi connectivity index (χ4v) is 5.00. The number of rotatable bonds is 6. The van der Waals surface area contributed by atoms with Crippen molar-refractivity contribution in [2.24, 2.45) is 0 Å². The highest BCUT2D eigenvalue weighted by molar-refractivity contribution is 7.57. The Balaban J connectivity index is 2.17. The Morgan fingerprint density at radius 1 is 1.07 bits per heavy atom. The normalized spacial score (nSPS) is 20.8. The molecule has 0 aliphatic heterocycles. The van der Waals surface area contributed by atoms with Gasteiger partial charge in [-0.15, -0.1) is 17.2 Å². The van der Waals surface area contributed by atoms with Crippen molar-refractivity contribution >= 4 is 17.2 Å². The van der Waals surface area contributed by atoms with E-state index >= 15 is 0 Å². The minimum atomic E-state index is 0.385. The van der Waals surface area contributed by atoms with Crippen LogP contribution in [0.15, 0.2) is 0 Å². The Kier molecular flexibility index (Phi) is 6.72. The van der Waals surface area contributed by atoms with Gasteiger partial charge < -0.3 is 0 Å². The van der Waals surface area contributed by atoms with Crippen LogP contribution < -0.4 is 0 Å². The lowest BCUT2D eigenvalue weighted by molar-refractivity contribution is 0.375. The predicted molar refractivity (Wildman–Crippen MR) is 77.6 cm³/mol. The van der Waals surface area contributed by atoms with Gasteiger partial charge in [0.2, 0.25) is 0 Å². The Morgan fingerprint density at radius 3 is 2.20 bits per heavy atom. The predicted octanol–water partition coefficient (Wildman–Crippen LogP) is 4.87. The van der Waals surface area contributed by atoms with Gasteiger partial charge >= 0.3 is 0 Å². The van der Waals surface area contributed by atoms with Gasteiger partial charge in [-0.1, -0.05) is 33.1 Å². The topological polar surface area (TPSA) is 0 Å². The zero-order valence-corrected chi connectivity index (χ0v) is 12.6. The Morgan fingerprint density at radius 2 is 1.67 bits per heavy atom. The summed E-state index contributed by atoms with van der Waals surface area (Å²) in [5.41, 5.74) is 0. The van der Waals surface area contributed by atoms with E-state index in [0.29, 0.717) is 13.1 Å². The highest BCUT2D eigenvalue weighted by Gasteiger charge is 2.26. The SMILES string of the molecule is CCP(CC)CCCC1(P)CCCCC1. The monoisotopic (exact) mass is 246 g/mol. The van der Waals surface area contributed by atoms with Gasteiger partial charge in [0.1, 0.15) is 0 Å². The van der Waals surface area contributed by atoms with Gasteiger partial charge in [-0.3, -0.25) is 0 Å². The molecular weight excluding hydrogens is 218 g/mol. The molecule has 1 aliphatic rings. The van der Waals surface area contributed by atoms with Crippen molar-refractivity contribution in [1.82, 2.24) is 0 Å². The van der Waals surface area contributed by atoms with Gasteiger partial charge in [0.25, 0.3) is 0 Å². The third-order valence-corrected chi connectivity index (χ3v) is 7.50.